The van der Waals surface area contributed by atoms with Crippen LogP contribution >= 0.6 is 0 Å². The quantitative estimate of drug-likeness (QED) is 0.867. The van der Waals surface area contributed by atoms with E-state index in [0.717, 1.165) is 18.9 Å². The monoisotopic (exact) mass is 255 g/mol. The number of benzene rings is 1. The molecule has 1 fully saturated rings. The summed E-state index contributed by atoms with van der Waals surface area (Å²) in [4.78, 5) is 0. The van der Waals surface area contributed by atoms with Gasteiger partial charge in [-0.25, -0.2) is 8.78 Å². The molecule has 1 aliphatic carbocycles. The van der Waals surface area contributed by atoms with Gasteiger partial charge in [0, 0.05) is 24.2 Å². The zero-order chi connectivity index (χ0) is 13.2. The van der Waals surface area contributed by atoms with Crippen LogP contribution in [0.25, 0.3) is 0 Å². The molecule has 1 aromatic carbocycles. The van der Waals surface area contributed by atoms with Gasteiger partial charge in [-0.3, -0.25) is 0 Å². The number of hydrogen-bond acceptors (Lipinski definition) is 2. The number of rotatable bonds is 4. The van der Waals surface area contributed by atoms with Crippen molar-refractivity contribution in [3.05, 3.63) is 35.4 Å². The number of nitrogens with one attached hydrogen (secondary N) is 1. The molecule has 4 heteroatoms. The fourth-order valence-electron chi connectivity index (χ4n) is 2.49. The first-order valence-corrected chi connectivity index (χ1v) is 6.40. The van der Waals surface area contributed by atoms with Gasteiger partial charge in [-0.1, -0.05) is 18.9 Å². The van der Waals surface area contributed by atoms with E-state index in [1.54, 1.807) is 6.92 Å². The molecular formula is C14H19F2NO. The van der Waals surface area contributed by atoms with E-state index in [0.29, 0.717) is 6.04 Å². The van der Waals surface area contributed by atoms with Crippen molar-refractivity contribution >= 4 is 0 Å². The van der Waals surface area contributed by atoms with Crippen molar-refractivity contribution in [2.24, 2.45) is 0 Å². The number of aliphatic hydroxyl groups is 1. The van der Waals surface area contributed by atoms with Crippen molar-refractivity contribution in [2.45, 2.75) is 44.2 Å². The zero-order valence-corrected chi connectivity index (χ0v) is 10.5. The van der Waals surface area contributed by atoms with Crippen molar-refractivity contribution in [3.8, 4) is 0 Å². The van der Waals surface area contributed by atoms with Crippen LogP contribution in [0.3, 0.4) is 0 Å². The molecule has 2 N–H and O–H groups in total. The minimum absolute atomic E-state index is 0.134. The molecule has 0 heterocycles. The van der Waals surface area contributed by atoms with E-state index in [1.807, 2.05) is 0 Å². The molecule has 1 unspecified atom stereocenters. The lowest BCUT2D eigenvalue weighted by Crippen LogP contribution is -2.40. The third kappa shape index (κ3) is 3.06. The predicted molar refractivity (Wildman–Crippen MR) is 66.2 cm³/mol. The fourth-order valence-corrected chi connectivity index (χ4v) is 2.49. The average molecular weight is 255 g/mol. The van der Waals surface area contributed by atoms with Crippen LogP contribution in [-0.4, -0.2) is 17.7 Å². The zero-order valence-electron chi connectivity index (χ0n) is 10.5. The highest BCUT2D eigenvalue weighted by molar-refractivity contribution is 5.24. The summed E-state index contributed by atoms with van der Waals surface area (Å²) >= 11 is 0. The van der Waals surface area contributed by atoms with Crippen LogP contribution < -0.4 is 5.32 Å². The summed E-state index contributed by atoms with van der Waals surface area (Å²) in [6, 6.07) is 3.68. The minimum Gasteiger partial charge on any atom is -0.384 e. The van der Waals surface area contributed by atoms with Crippen LogP contribution in [-0.2, 0) is 5.60 Å². The Kier molecular flexibility index (Phi) is 3.97. The lowest BCUT2D eigenvalue weighted by molar-refractivity contribution is 0.0502. The summed E-state index contributed by atoms with van der Waals surface area (Å²) < 4.78 is 26.4. The molecule has 2 rings (SSSR count). The molecule has 2 nitrogen and oxygen atoms in total. The third-order valence-corrected chi connectivity index (χ3v) is 3.60. The van der Waals surface area contributed by atoms with Gasteiger partial charge in [0.25, 0.3) is 0 Å². The van der Waals surface area contributed by atoms with Gasteiger partial charge in [0.2, 0.25) is 0 Å². The molecule has 0 saturated heterocycles. The van der Waals surface area contributed by atoms with Crippen molar-refractivity contribution in [3.63, 3.8) is 0 Å². The highest BCUT2D eigenvalue weighted by Crippen LogP contribution is 2.25. The van der Waals surface area contributed by atoms with Crippen LogP contribution in [0.2, 0.25) is 0 Å². The first-order valence-electron chi connectivity index (χ1n) is 6.40. The first kappa shape index (κ1) is 13.4. The Balaban J connectivity index is 2.04. The van der Waals surface area contributed by atoms with E-state index in [1.165, 1.54) is 25.0 Å². The van der Waals surface area contributed by atoms with E-state index < -0.39 is 17.2 Å². The number of hydrogen-bond donors (Lipinski definition) is 2. The predicted octanol–water partition coefficient (Wildman–Crippen LogP) is 2.70. The maximum absolute atomic E-state index is 13.6. The molecule has 0 spiro atoms. The molecule has 0 aliphatic heterocycles. The van der Waals surface area contributed by atoms with Crippen molar-refractivity contribution in [1.29, 1.82) is 0 Å². The molecule has 0 radical (unpaired) electrons. The van der Waals surface area contributed by atoms with Gasteiger partial charge in [0.05, 0.1) is 0 Å². The van der Waals surface area contributed by atoms with Gasteiger partial charge in [0.15, 0.2) is 0 Å². The van der Waals surface area contributed by atoms with E-state index >= 15 is 0 Å². The summed E-state index contributed by atoms with van der Waals surface area (Å²) in [5.74, 6) is -1.33. The molecule has 0 amide bonds. The standard InChI is InChI=1S/C14H19F2NO/c1-14(18,9-17-11-4-2-3-5-11)12-7-6-10(15)8-13(12)16/h6-8,11,17-18H,2-5,9H2,1H3. The second kappa shape index (κ2) is 5.33. The molecular weight excluding hydrogens is 236 g/mol. The molecule has 1 aromatic rings. The van der Waals surface area contributed by atoms with Crippen molar-refractivity contribution < 1.29 is 13.9 Å². The second-order valence-corrected chi connectivity index (χ2v) is 5.26. The van der Waals surface area contributed by atoms with E-state index in [2.05, 4.69) is 5.32 Å². The Bertz CT molecular complexity index is 414. The lowest BCUT2D eigenvalue weighted by atomic mass is 9.95. The summed E-state index contributed by atoms with van der Waals surface area (Å²) in [6.45, 7) is 1.82. The van der Waals surface area contributed by atoms with Crippen molar-refractivity contribution in [1.82, 2.24) is 5.32 Å². The molecule has 0 bridgehead atoms. The van der Waals surface area contributed by atoms with Crippen LogP contribution in [0.5, 0.6) is 0 Å². The largest absolute Gasteiger partial charge is 0.384 e. The van der Waals surface area contributed by atoms with Crippen LogP contribution in [0.15, 0.2) is 18.2 Å². The third-order valence-electron chi connectivity index (χ3n) is 3.60. The van der Waals surface area contributed by atoms with Crippen molar-refractivity contribution in [2.75, 3.05) is 6.54 Å². The molecule has 1 atom stereocenters. The molecule has 1 saturated carbocycles. The molecule has 18 heavy (non-hydrogen) atoms. The Labute approximate surface area is 106 Å². The number of halogens is 2. The summed E-state index contributed by atoms with van der Waals surface area (Å²) in [6.07, 6.45) is 4.60. The van der Waals surface area contributed by atoms with Crippen LogP contribution in [0, 0.1) is 11.6 Å². The fraction of sp³-hybridized carbons (Fsp3) is 0.571. The van der Waals surface area contributed by atoms with Gasteiger partial charge in [-0.05, 0) is 25.8 Å². The highest BCUT2D eigenvalue weighted by atomic mass is 19.1. The SMILES string of the molecule is CC(O)(CNC1CCCC1)c1ccc(F)cc1F. The smallest absolute Gasteiger partial charge is 0.132 e. The lowest BCUT2D eigenvalue weighted by Gasteiger charge is -2.26. The molecule has 1 aliphatic rings. The van der Waals surface area contributed by atoms with E-state index in [9.17, 15) is 13.9 Å². The topological polar surface area (TPSA) is 32.3 Å². The van der Waals surface area contributed by atoms with Gasteiger partial charge >= 0.3 is 0 Å². The average Bonchev–Trinajstić information content (AvgIpc) is 2.78. The van der Waals surface area contributed by atoms with E-state index in [4.69, 9.17) is 0 Å². The molecule has 100 valence electrons. The van der Waals surface area contributed by atoms with Gasteiger partial charge in [0.1, 0.15) is 17.2 Å². The second-order valence-electron chi connectivity index (χ2n) is 5.26. The Morgan fingerprint density at radius 1 is 1.33 bits per heavy atom. The summed E-state index contributed by atoms with van der Waals surface area (Å²) in [5.41, 5.74) is -1.19. The Morgan fingerprint density at radius 3 is 2.61 bits per heavy atom. The van der Waals surface area contributed by atoms with Gasteiger partial charge in [-0.2, -0.15) is 0 Å². The normalized spacial score (nSPS) is 20.0. The summed E-state index contributed by atoms with van der Waals surface area (Å²) in [7, 11) is 0. The van der Waals surface area contributed by atoms with Crippen LogP contribution in [0.4, 0.5) is 8.78 Å². The Hall–Kier alpha value is -1.00. The van der Waals surface area contributed by atoms with E-state index in [-0.39, 0.29) is 12.1 Å². The highest BCUT2D eigenvalue weighted by Gasteiger charge is 2.28. The Morgan fingerprint density at radius 2 is 2.00 bits per heavy atom. The van der Waals surface area contributed by atoms with Gasteiger partial charge < -0.3 is 10.4 Å². The maximum atomic E-state index is 13.6. The van der Waals surface area contributed by atoms with Crippen LogP contribution in [0.1, 0.15) is 38.2 Å². The van der Waals surface area contributed by atoms with Gasteiger partial charge in [-0.15, -0.1) is 0 Å². The maximum Gasteiger partial charge on any atom is 0.132 e. The first-order chi connectivity index (χ1) is 8.49. The summed E-state index contributed by atoms with van der Waals surface area (Å²) in [5, 5.41) is 13.5. The minimum atomic E-state index is -1.32. The molecule has 0 aromatic heterocycles.